The quantitative estimate of drug-likeness (QED) is 0.0993. The minimum Gasteiger partial charge on any atom is -0.465 e. The first kappa shape index (κ1) is 44.9. The number of amides is 4. The van der Waals surface area contributed by atoms with E-state index in [-0.39, 0.29) is 42.3 Å². The van der Waals surface area contributed by atoms with Gasteiger partial charge in [0.25, 0.3) is 0 Å². The molecule has 3 aromatic heterocycles. The van der Waals surface area contributed by atoms with Gasteiger partial charge in [-0.15, -0.1) is 0 Å². The van der Waals surface area contributed by atoms with E-state index in [4.69, 9.17) is 19.2 Å². The molecule has 16 nitrogen and oxygen atoms in total. The Kier molecular flexibility index (Phi) is 12.2. The molecule has 18 heteroatoms. The second-order valence-electron chi connectivity index (χ2n) is 18.0. The van der Waals surface area contributed by atoms with Crippen LogP contribution in [-0.4, -0.2) is 104 Å². The Morgan fingerprint density at radius 3 is 2.06 bits per heavy atom. The summed E-state index contributed by atoms with van der Waals surface area (Å²) in [6.45, 7) is 7.66. The van der Waals surface area contributed by atoms with E-state index in [2.05, 4.69) is 25.6 Å². The smallest absolute Gasteiger partial charge is 0.407 e. The molecule has 6 heterocycles. The number of alkyl carbamates (subject to hydrolysis) is 2. The van der Waals surface area contributed by atoms with E-state index in [9.17, 15) is 19.2 Å². The third-order valence-corrected chi connectivity index (χ3v) is 13.0. The molecule has 6 aromatic rings. The van der Waals surface area contributed by atoms with Gasteiger partial charge in [0.05, 0.1) is 73.4 Å². The summed E-state index contributed by atoms with van der Waals surface area (Å²) in [5.41, 5.74) is 4.99. The Hall–Kier alpha value is -7.24. The van der Waals surface area contributed by atoms with E-state index >= 15 is 8.78 Å². The predicted octanol–water partition coefficient (Wildman–Crippen LogP) is 8.20. The number of halogens is 2. The van der Waals surface area contributed by atoms with Gasteiger partial charge in [0.15, 0.2) is 0 Å². The van der Waals surface area contributed by atoms with Crippen LogP contribution in [0.1, 0.15) is 82.5 Å². The molecule has 4 N–H and O–H groups in total. The molecule has 4 amide bonds. The number of aromatic nitrogens is 5. The number of aromatic amines is 2. The Balaban J connectivity index is 1.02. The van der Waals surface area contributed by atoms with Crippen LogP contribution in [0.5, 0.6) is 5.75 Å². The molecular formula is C49H53F2N9O7. The number of fused-ring (bicyclic) bond motifs is 5. The van der Waals surface area contributed by atoms with Crippen molar-refractivity contribution in [1.82, 2.24) is 44.9 Å². The Labute approximate surface area is 385 Å². The van der Waals surface area contributed by atoms with E-state index in [0.717, 1.165) is 34.1 Å². The molecule has 2 fully saturated rings. The highest BCUT2D eigenvalue weighted by Gasteiger charge is 2.42. The summed E-state index contributed by atoms with van der Waals surface area (Å²) in [6, 6.07) is 17.9. The van der Waals surface area contributed by atoms with Crippen LogP contribution in [0.3, 0.4) is 0 Å². The first-order valence-electron chi connectivity index (χ1n) is 22.5. The topological polar surface area (TPSA) is 189 Å². The molecule has 0 bridgehead atoms. The van der Waals surface area contributed by atoms with Gasteiger partial charge in [0.1, 0.15) is 41.5 Å². The number of carbonyl (C=O) groups is 4. The van der Waals surface area contributed by atoms with Crippen LogP contribution in [0.2, 0.25) is 0 Å². The zero-order valence-electron chi connectivity index (χ0n) is 38.0. The van der Waals surface area contributed by atoms with Crippen molar-refractivity contribution in [3.05, 3.63) is 102 Å². The molecular weight excluding hydrogens is 865 g/mol. The Bertz CT molecular complexity index is 2840. The molecule has 3 aliphatic heterocycles. The van der Waals surface area contributed by atoms with Crippen LogP contribution in [0.25, 0.3) is 44.7 Å². The number of alkyl halides is 1. The van der Waals surface area contributed by atoms with Gasteiger partial charge >= 0.3 is 12.2 Å². The van der Waals surface area contributed by atoms with E-state index in [1.54, 1.807) is 31.0 Å². The van der Waals surface area contributed by atoms with Gasteiger partial charge < -0.3 is 49.2 Å². The highest BCUT2D eigenvalue weighted by atomic mass is 19.1. The lowest BCUT2D eigenvalue weighted by Crippen LogP contribution is -2.51. The lowest BCUT2D eigenvalue weighted by Gasteiger charge is -2.31. The highest BCUT2D eigenvalue weighted by molar-refractivity contribution is 5.93. The average Bonchev–Trinajstić information content (AvgIpc) is 4.18. The van der Waals surface area contributed by atoms with E-state index in [1.807, 2.05) is 73.0 Å². The van der Waals surface area contributed by atoms with Gasteiger partial charge in [0.2, 0.25) is 18.0 Å². The van der Waals surface area contributed by atoms with Crippen molar-refractivity contribution in [1.29, 1.82) is 0 Å². The summed E-state index contributed by atoms with van der Waals surface area (Å²) in [5.74, 6) is -0.394. The Morgan fingerprint density at radius 2 is 1.42 bits per heavy atom. The number of hydrogen-bond donors (Lipinski definition) is 4. The molecule has 0 radical (unpaired) electrons. The first-order valence-corrected chi connectivity index (χ1v) is 22.5. The summed E-state index contributed by atoms with van der Waals surface area (Å²) in [7, 11) is 2.47. The molecule has 0 spiro atoms. The molecule has 350 valence electrons. The standard InChI is InChI=1S/C49H53F2N9O7/c1-25(2)41(56-48(63)65-5)45(61)58-16-10-13-36(58)43-52-22-33(54-43)28-14-15-35-30(17-28)19-37-40-32(51)18-29(20-39(40)67-47(60(35)37)27-11-8-7-9-12-27)34-23-53-44(55-34)38-21-31(50)24-59(38)46(62)42(26(3)4)57-49(64)66-6/h7-9,11-12,14-15,17-20,22-23,25-26,31,36,38,41-42,47H,10,13,16,21,24H2,1-6H3,(H,52,54)(H,53,55)(H,56,63)(H,57,64)/t31-,36+,38+,41+,42?,47+/m1/s1. The van der Waals surface area contributed by atoms with Crippen LogP contribution in [0.4, 0.5) is 18.4 Å². The second-order valence-corrected chi connectivity index (χ2v) is 18.0. The van der Waals surface area contributed by atoms with Crippen molar-refractivity contribution in [3.63, 3.8) is 0 Å². The fraction of sp³-hybridized carbons (Fsp3) is 0.388. The molecule has 0 saturated carbocycles. The SMILES string of the molecule is COC(=O)NC(C(=O)N1C[C@H](F)C[C@H]1c1ncc(-c2cc(F)c3c(c2)O[C@@H](c2ccccc2)n2c-3cc3cc(-c4cnc([C@@H]5CCCN5C(=O)[C@@H](NC(=O)OC)C(C)C)[nH]4)ccc32)[nH]1)C(C)C. The number of ether oxygens (including phenoxy) is 3. The number of H-pyrrole nitrogens is 2. The number of imidazole rings is 2. The number of likely N-dealkylation sites (tertiary alicyclic amines) is 2. The van der Waals surface area contributed by atoms with Crippen LogP contribution < -0.4 is 15.4 Å². The Morgan fingerprint density at radius 1 is 0.791 bits per heavy atom. The van der Waals surface area contributed by atoms with Gasteiger partial charge in [-0.05, 0) is 55.0 Å². The zero-order chi connectivity index (χ0) is 47.3. The van der Waals surface area contributed by atoms with E-state index < -0.39 is 54.4 Å². The summed E-state index contributed by atoms with van der Waals surface area (Å²) < 4.78 is 50.1. The van der Waals surface area contributed by atoms with Crippen LogP contribution in [-0.2, 0) is 19.1 Å². The number of nitrogens with zero attached hydrogens (tertiary/aromatic N) is 5. The maximum atomic E-state index is 16.8. The summed E-state index contributed by atoms with van der Waals surface area (Å²) in [6.07, 6.45) is 1.34. The highest BCUT2D eigenvalue weighted by Crippen LogP contribution is 2.47. The summed E-state index contributed by atoms with van der Waals surface area (Å²) in [4.78, 5) is 70.8. The maximum Gasteiger partial charge on any atom is 0.407 e. The lowest BCUT2D eigenvalue weighted by atomic mass is 10.0. The number of carbonyl (C=O) groups excluding carboxylic acids is 4. The average molecular weight is 918 g/mol. The van der Waals surface area contributed by atoms with Crippen molar-refractivity contribution in [2.24, 2.45) is 11.8 Å². The normalized spacial score (nSPS) is 19.8. The number of nitrogens with one attached hydrogen (secondary N) is 4. The minimum absolute atomic E-state index is 0.00737. The summed E-state index contributed by atoms with van der Waals surface area (Å²) in [5, 5.41) is 6.09. The van der Waals surface area contributed by atoms with Gasteiger partial charge in [0, 0.05) is 35.0 Å². The minimum atomic E-state index is -1.32. The van der Waals surface area contributed by atoms with Crippen LogP contribution in [0.15, 0.2) is 79.1 Å². The predicted molar refractivity (Wildman–Crippen MR) is 244 cm³/mol. The van der Waals surface area contributed by atoms with Crippen molar-refractivity contribution in [2.45, 2.75) is 83.5 Å². The van der Waals surface area contributed by atoms with Crippen molar-refractivity contribution < 1.29 is 42.2 Å². The molecule has 3 aromatic carbocycles. The number of hydrogen-bond acceptors (Lipinski definition) is 9. The van der Waals surface area contributed by atoms with E-state index in [0.29, 0.717) is 47.3 Å². The maximum absolute atomic E-state index is 16.8. The molecule has 0 aliphatic carbocycles. The molecule has 6 atom stereocenters. The van der Waals surface area contributed by atoms with Gasteiger partial charge in [-0.1, -0.05) is 64.1 Å². The first-order chi connectivity index (χ1) is 32.2. The van der Waals surface area contributed by atoms with Crippen molar-refractivity contribution in [3.8, 4) is 39.5 Å². The number of methoxy groups -OCH3 is 2. The van der Waals surface area contributed by atoms with Crippen molar-refractivity contribution in [2.75, 3.05) is 27.3 Å². The third kappa shape index (κ3) is 8.44. The monoisotopic (exact) mass is 917 g/mol. The molecule has 2 saturated heterocycles. The molecule has 3 aliphatic rings. The number of rotatable bonds is 11. The summed E-state index contributed by atoms with van der Waals surface area (Å²) >= 11 is 0. The van der Waals surface area contributed by atoms with E-state index in [1.165, 1.54) is 31.4 Å². The fourth-order valence-electron chi connectivity index (χ4n) is 9.60. The van der Waals surface area contributed by atoms with Crippen LogP contribution >= 0.6 is 0 Å². The van der Waals surface area contributed by atoms with Crippen LogP contribution in [0, 0.1) is 17.7 Å². The van der Waals surface area contributed by atoms with Crippen molar-refractivity contribution >= 4 is 34.9 Å². The molecule has 9 rings (SSSR count). The lowest BCUT2D eigenvalue weighted by molar-refractivity contribution is -0.136. The van der Waals surface area contributed by atoms with Gasteiger partial charge in [-0.25, -0.2) is 28.3 Å². The number of benzene rings is 3. The second kappa shape index (κ2) is 18.2. The van der Waals surface area contributed by atoms with Gasteiger partial charge in [-0.3, -0.25) is 9.59 Å². The third-order valence-electron chi connectivity index (χ3n) is 13.0. The fourth-order valence-corrected chi connectivity index (χ4v) is 9.60. The largest absolute Gasteiger partial charge is 0.465 e. The molecule has 1 unspecified atom stereocenters. The molecule has 67 heavy (non-hydrogen) atoms. The van der Waals surface area contributed by atoms with Gasteiger partial charge in [-0.2, -0.15) is 0 Å². The zero-order valence-corrected chi connectivity index (χ0v) is 38.0.